The van der Waals surface area contributed by atoms with Crippen LogP contribution in [0.3, 0.4) is 0 Å². The van der Waals surface area contributed by atoms with Gasteiger partial charge in [-0.05, 0) is 48.6 Å². The zero-order valence-electron chi connectivity index (χ0n) is 14.3. The number of ether oxygens (including phenoxy) is 1. The Hall–Kier alpha value is -2.45. The number of rotatable bonds is 6. The summed E-state index contributed by atoms with van der Waals surface area (Å²) < 4.78 is 5.04. The zero-order chi connectivity index (χ0) is 18.5. The Morgan fingerprint density at radius 1 is 1.19 bits per heavy atom. The number of nitrogens with one attached hydrogen (secondary N) is 1. The molecule has 0 spiro atoms. The highest BCUT2D eigenvalue weighted by Gasteiger charge is 2.11. The number of nitrogens with zero attached hydrogens (tertiary/aromatic N) is 2. The second kappa shape index (κ2) is 8.29. The molecule has 0 aliphatic heterocycles. The number of aromatic nitrogens is 2. The van der Waals surface area contributed by atoms with Crippen molar-refractivity contribution < 1.29 is 14.3 Å². The maximum atomic E-state index is 11.9. The van der Waals surface area contributed by atoms with Crippen molar-refractivity contribution in [3.05, 3.63) is 47.1 Å². The van der Waals surface area contributed by atoms with Gasteiger partial charge in [0.1, 0.15) is 16.2 Å². The first-order valence-electron chi connectivity index (χ1n) is 7.86. The van der Waals surface area contributed by atoms with Crippen LogP contribution in [-0.4, -0.2) is 34.2 Å². The summed E-state index contributed by atoms with van der Waals surface area (Å²) in [6, 6.07) is 7.67. The van der Waals surface area contributed by atoms with E-state index in [1.165, 1.54) is 29.4 Å². The van der Waals surface area contributed by atoms with Crippen LogP contribution in [0.1, 0.15) is 11.1 Å². The van der Waals surface area contributed by atoms with Gasteiger partial charge in [0.15, 0.2) is 6.61 Å². The summed E-state index contributed by atoms with van der Waals surface area (Å²) in [6.07, 6.45) is 1.48. The largest absolute Gasteiger partial charge is 0.455 e. The molecule has 8 heteroatoms. The quantitative estimate of drug-likeness (QED) is 0.395. The summed E-state index contributed by atoms with van der Waals surface area (Å²) in [5, 5.41) is 6.31. The van der Waals surface area contributed by atoms with Crippen molar-refractivity contribution in [3.63, 3.8) is 0 Å². The second-order valence-corrected chi connectivity index (χ2v) is 7.55. The molecule has 134 valence electrons. The van der Waals surface area contributed by atoms with Crippen LogP contribution < -0.4 is 5.32 Å². The molecular formula is C18H17N3O3S2. The Morgan fingerprint density at radius 3 is 2.73 bits per heavy atom. The lowest BCUT2D eigenvalue weighted by atomic mass is 10.1. The summed E-state index contributed by atoms with van der Waals surface area (Å²) in [5.74, 6) is -0.748. The normalized spacial score (nSPS) is 10.7. The van der Waals surface area contributed by atoms with Gasteiger partial charge in [-0.25, -0.2) is 9.97 Å². The number of benzene rings is 1. The van der Waals surface area contributed by atoms with E-state index < -0.39 is 5.97 Å². The fraction of sp³-hybridized carbons (Fsp3) is 0.222. The Balaban J connectivity index is 1.48. The number of hydrogen-bond acceptors (Lipinski definition) is 7. The minimum atomic E-state index is -0.465. The highest BCUT2D eigenvalue weighted by molar-refractivity contribution is 8.00. The highest BCUT2D eigenvalue weighted by Crippen LogP contribution is 2.27. The molecule has 26 heavy (non-hydrogen) atoms. The van der Waals surface area contributed by atoms with Crippen molar-refractivity contribution in [3.8, 4) is 0 Å². The van der Waals surface area contributed by atoms with Gasteiger partial charge >= 0.3 is 5.97 Å². The van der Waals surface area contributed by atoms with E-state index in [2.05, 4.69) is 15.3 Å². The molecule has 0 aliphatic carbocycles. The van der Waals surface area contributed by atoms with Gasteiger partial charge in [-0.1, -0.05) is 17.8 Å². The Bertz CT molecular complexity index is 936. The van der Waals surface area contributed by atoms with E-state index in [0.717, 1.165) is 26.4 Å². The van der Waals surface area contributed by atoms with E-state index in [0.29, 0.717) is 5.69 Å². The maximum Gasteiger partial charge on any atom is 0.316 e. The Morgan fingerprint density at radius 2 is 1.96 bits per heavy atom. The molecule has 0 saturated carbocycles. The molecule has 0 atom stereocenters. The molecule has 1 amide bonds. The van der Waals surface area contributed by atoms with E-state index in [-0.39, 0.29) is 18.3 Å². The number of amides is 1. The smallest absolute Gasteiger partial charge is 0.316 e. The first-order chi connectivity index (χ1) is 12.5. The van der Waals surface area contributed by atoms with Gasteiger partial charge in [0, 0.05) is 11.1 Å². The molecule has 1 aromatic carbocycles. The molecule has 0 bridgehead atoms. The van der Waals surface area contributed by atoms with E-state index in [4.69, 9.17) is 4.74 Å². The molecule has 2 heterocycles. The SMILES string of the molecule is Cc1cc(C)cc(NC(=O)COC(=O)CSc2ncnc3sccc23)c1. The van der Waals surface area contributed by atoms with Crippen molar-refractivity contribution in [1.29, 1.82) is 0 Å². The molecule has 2 aromatic heterocycles. The number of hydrogen-bond donors (Lipinski definition) is 1. The van der Waals surface area contributed by atoms with Gasteiger partial charge in [-0.2, -0.15) is 0 Å². The van der Waals surface area contributed by atoms with Crippen LogP contribution in [0.4, 0.5) is 5.69 Å². The molecule has 0 fully saturated rings. The fourth-order valence-corrected chi connectivity index (χ4v) is 4.02. The van der Waals surface area contributed by atoms with Gasteiger partial charge in [0.05, 0.1) is 5.75 Å². The lowest BCUT2D eigenvalue weighted by Gasteiger charge is -2.08. The third-order valence-electron chi connectivity index (χ3n) is 3.42. The number of thioether (sulfide) groups is 1. The first kappa shape index (κ1) is 18.3. The summed E-state index contributed by atoms with van der Waals surface area (Å²) >= 11 is 2.79. The topological polar surface area (TPSA) is 81.2 Å². The molecule has 0 saturated heterocycles. The summed E-state index contributed by atoms with van der Waals surface area (Å²) in [5.41, 5.74) is 2.80. The lowest BCUT2D eigenvalue weighted by Crippen LogP contribution is -2.21. The van der Waals surface area contributed by atoms with Crippen LogP contribution in [0.25, 0.3) is 10.2 Å². The molecular weight excluding hydrogens is 370 g/mol. The highest BCUT2D eigenvalue weighted by atomic mass is 32.2. The minimum Gasteiger partial charge on any atom is -0.455 e. The maximum absolute atomic E-state index is 11.9. The average Bonchev–Trinajstić information content (AvgIpc) is 3.06. The summed E-state index contributed by atoms with van der Waals surface area (Å²) in [4.78, 5) is 33.1. The van der Waals surface area contributed by atoms with Crippen LogP contribution in [0.15, 0.2) is 41.0 Å². The van der Waals surface area contributed by atoms with Crippen LogP contribution in [-0.2, 0) is 14.3 Å². The van der Waals surface area contributed by atoms with Crippen molar-refractivity contribution in [2.45, 2.75) is 18.9 Å². The van der Waals surface area contributed by atoms with Crippen LogP contribution >= 0.6 is 23.1 Å². The van der Waals surface area contributed by atoms with E-state index in [1.54, 1.807) is 0 Å². The molecule has 0 radical (unpaired) electrons. The number of fused-ring (bicyclic) bond motifs is 1. The number of thiophene rings is 1. The Kier molecular flexibility index (Phi) is 5.85. The van der Waals surface area contributed by atoms with Crippen molar-refractivity contribution >= 4 is 50.9 Å². The van der Waals surface area contributed by atoms with Crippen molar-refractivity contribution in [2.24, 2.45) is 0 Å². The zero-order valence-corrected chi connectivity index (χ0v) is 15.9. The van der Waals surface area contributed by atoms with Crippen LogP contribution in [0.2, 0.25) is 0 Å². The van der Waals surface area contributed by atoms with E-state index >= 15 is 0 Å². The number of carbonyl (C=O) groups is 2. The minimum absolute atomic E-state index is 0.0821. The van der Waals surface area contributed by atoms with Crippen LogP contribution in [0, 0.1) is 13.8 Å². The third-order valence-corrected chi connectivity index (χ3v) is 5.22. The van der Waals surface area contributed by atoms with Crippen molar-refractivity contribution in [1.82, 2.24) is 9.97 Å². The number of carbonyl (C=O) groups excluding carboxylic acids is 2. The summed E-state index contributed by atoms with van der Waals surface area (Å²) in [6.45, 7) is 3.60. The summed E-state index contributed by atoms with van der Waals surface area (Å²) in [7, 11) is 0. The van der Waals surface area contributed by atoms with Gasteiger partial charge in [0.25, 0.3) is 5.91 Å². The third kappa shape index (κ3) is 4.80. The van der Waals surface area contributed by atoms with E-state index in [1.807, 2.05) is 43.5 Å². The molecule has 0 aliphatic rings. The number of anilines is 1. The molecule has 0 unspecified atom stereocenters. The van der Waals surface area contributed by atoms with Gasteiger partial charge in [-0.15, -0.1) is 11.3 Å². The van der Waals surface area contributed by atoms with Gasteiger partial charge in [0.2, 0.25) is 0 Å². The predicted octanol–water partition coefficient (Wildman–Crippen LogP) is 3.58. The Labute approximate surface area is 159 Å². The van der Waals surface area contributed by atoms with E-state index in [9.17, 15) is 9.59 Å². The lowest BCUT2D eigenvalue weighted by molar-refractivity contribution is -0.144. The molecule has 1 N–H and O–H groups in total. The average molecular weight is 387 g/mol. The van der Waals surface area contributed by atoms with Crippen LogP contribution in [0.5, 0.6) is 0 Å². The molecule has 6 nitrogen and oxygen atoms in total. The monoisotopic (exact) mass is 387 g/mol. The second-order valence-electron chi connectivity index (χ2n) is 5.69. The molecule has 3 aromatic rings. The fourth-order valence-electron chi connectivity index (χ4n) is 2.44. The first-order valence-corrected chi connectivity index (χ1v) is 9.72. The number of aryl methyl sites for hydroxylation is 2. The van der Waals surface area contributed by atoms with Crippen molar-refractivity contribution in [2.75, 3.05) is 17.7 Å². The predicted molar refractivity (Wildman–Crippen MR) is 104 cm³/mol. The standard InChI is InChI=1S/C18H17N3O3S2/c1-11-5-12(2)7-13(6-11)21-15(22)8-24-16(23)9-26-18-14-3-4-25-17(14)19-10-20-18/h3-7,10H,8-9H2,1-2H3,(H,21,22). The molecule has 3 rings (SSSR count). The number of esters is 1. The van der Waals surface area contributed by atoms with Gasteiger partial charge < -0.3 is 10.1 Å². The van der Waals surface area contributed by atoms with Gasteiger partial charge in [-0.3, -0.25) is 9.59 Å².